The molecule has 20 heavy (non-hydrogen) atoms. The van der Waals surface area contributed by atoms with E-state index in [1.54, 1.807) is 7.11 Å². The lowest BCUT2D eigenvalue weighted by Crippen LogP contribution is -2.28. The van der Waals surface area contributed by atoms with Crippen molar-refractivity contribution in [3.63, 3.8) is 0 Å². The summed E-state index contributed by atoms with van der Waals surface area (Å²) in [5.74, 6) is 1.64. The lowest BCUT2D eigenvalue weighted by molar-refractivity contribution is 0.412. The van der Waals surface area contributed by atoms with Crippen LogP contribution in [0, 0.1) is 5.92 Å². The standard InChI is InChI=1S/C15H24BrN3O/c1-11-13(10-18-19-11)4-3-7-17-9-12-5-6-15(20-2)14(16)8-12/h5-6,8,11,13,17-19H,3-4,7,9-10H2,1-2H3. The molecule has 0 amide bonds. The van der Waals surface area contributed by atoms with E-state index in [1.165, 1.54) is 18.4 Å². The van der Waals surface area contributed by atoms with Crippen LogP contribution < -0.4 is 20.9 Å². The molecule has 112 valence electrons. The van der Waals surface area contributed by atoms with Gasteiger partial charge in [-0.05, 0) is 65.9 Å². The number of halogens is 1. The van der Waals surface area contributed by atoms with Gasteiger partial charge in [0, 0.05) is 19.1 Å². The highest BCUT2D eigenvalue weighted by Crippen LogP contribution is 2.25. The van der Waals surface area contributed by atoms with Gasteiger partial charge in [0.25, 0.3) is 0 Å². The molecule has 3 N–H and O–H groups in total. The summed E-state index contributed by atoms with van der Waals surface area (Å²) in [5, 5.41) is 3.50. The molecule has 1 aliphatic rings. The number of ether oxygens (including phenoxy) is 1. The molecule has 0 spiro atoms. The van der Waals surface area contributed by atoms with E-state index in [9.17, 15) is 0 Å². The molecule has 1 aliphatic heterocycles. The Bertz CT molecular complexity index is 428. The van der Waals surface area contributed by atoms with Gasteiger partial charge in [0.15, 0.2) is 0 Å². The van der Waals surface area contributed by atoms with Crippen LogP contribution in [-0.2, 0) is 6.54 Å². The molecule has 2 rings (SSSR count). The summed E-state index contributed by atoms with van der Waals surface area (Å²) in [6.07, 6.45) is 2.48. The van der Waals surface area contributed by atoms with Crippen LogP contribution in [0.1, 0.15) is 25.3 Å². The maximum Gasteiger partial charge on any atom is 0.133 e. The van der Waals surface area contributed by atoms with Crippen molar-refractivity contribution in [2.75, 3.05) is 20.2 Å². The largest absolute Gasteiger partial charge is 0.496 e. The van der Waals surface area contributed by atoms with Crippen LogP contribution in [0.5, 0.6) is 5.75 Å². The smallest absolute Gasteiger partial charge is 0.133 e. The Balaban J connectivity index is 1.64. The number of hydrogen-bond donors (Lipinski definition) is 3. The van der Waals surface area contributed by atoms with Gasteiger partial charge in [-0.1, -0.05) is 6.07 Å². The molecule has 4 nitrogen and oxygen atoms in total. The lowest BCUT2D eigenvalue weighted by atomic mass is 9.98. The summed E-state index contributed by atoms with van der Waals surface area (Å²) < 4.78 is 6.24. The van der Waals surface area contributed by atoms with Crippen LogP contribution in [0.2, 0.25) is 0 Å². The van der Waals surface area contributed by atoms with Gasteiger partial charge in [-0.2, -0.15) is 0 Å². The third-order valence-corrected chi connectivity index (χ3v) is 4.49. The molecule has 5 heteroatoms. The Hall–Kier alpha value is -0.620. The predicted molar refractivity (Wildman–Crippen MR) is 85.7 cm³/mol. The summed E-state index contributed by atoms with van der Waals surface area (Å²) in [7, 11) is 1.69. The second kappa shape index (κ2) is 7.98. The minimum absolute atomic E-state index is 0.590. The third kappa shape index (κ3) is 4.45. The molecular formula is C15H24BrN3O. The molecule has 0 saturated carbocycles. The van der Waals surface area contributed by atoms with E-state index in [1.807, 2.05) is 6.07 Å². The van der Waals surface area contributed by atoms with Crippen molar-refractivity contribution in [1.82, 2.24) is 16.2 Å². The van der Waals surface area contributed by atoms with E-state index < -0.39 is 0 Å². The Kier molecular flexibility index (Phi) is 6.29. The maximum atomic E-state index is 5.23. The van der Waals surface area contributed by atoms with Crippen molar-refractivity contribution in [2.45, 2.75) is 32.4 Å². The van der Waals surface area contributed by atoms with Gasteiger partial charge >= 0.3 is 0 Å². The first kappa shape index (κ1) is 15.8. The van der Waals surface area contributed by atoms with Crippen molar-refractivity contribution >= 4 is 15.9 Å². The van der Waals surface area contributed by atoms with Crippen molar-refractivity contribution in [3.8, 4) is 5.75 Å². The SMILES string of the molecule is COc1ccc(CNCCCC2CNNC2C)cc1Br. The zero-order valence-electron chi connectivity index (χ0n) is 12.2. The van der Waals surface area contributed by atoms with Gasteiger partial charge in [0.05, 0.1) is 11.6 Å². The molecule has 1 aromatic carbocycles. The van der Waals surface area contributed by atoms with Gasteiger partial charge in [-0.15, -0.1) is 0 Å². The predicted octanol–water partition coefficient (Wildman–Crippen LogP) is 2.44. The number of benzene rings is 1. The van der Waals surface area contributed by atoms with Gasteiger partial charge in [0.2, 0.25) is 0 Å². The third-order valence-electron chi connectivity index (χ3n) is 3.87. The Morgan fingerprint density at radius 2 is 2.30 bits per heavy atom. The molecule has 1 fully saturated rings. The van der Waals surface area contributed by atoms with Crippen LogP contribution >= 0.6 is 15.9 Å². The molecule has 0 bridgehead atoms. The summed E-state index contributed by atoms with van der Waals surface area (Å²) in [5.41, 5.74) is 7.76. The van der Waals surface area contributed by atoms with Crippen molar-refractivity contribution < 1.29 is 4.74 Å². The van der Waals surface area contributed by atoms with Crippen molar-refractivity contribution in [3.05, 3.63) is 28.2 Å². The molecular weight excluding hydrogens is 318 g/mol. The molecule has 1 saturated heterocycles. The van der Waals surface area contributed by atoms with E-state index in [-0.39, 0.29) is 0 Å². The molecule has 1 aromatic rings. The van der Waals surface area contributed by atoms with Gasteiger partial charge in [-0.3, -0.25) is 10.9 Å². The second-order valence-electron chi connectivity index (χ2n) is 5.36. The Morgan fingerprint density at radius 1 is 1.45 bits per heavy atom. The number of methoxy groups -OCH3 is 1. The second-order valence-corrected chi connectivity index (χ2v) is 6.22. The zero-order chi connectivity index (χ0) is 14.4. The summed E-state index contributed by atoms with van der Waals surface area (Å²) in [6, 6.07) is 6.80. The normalized spacial score (nSPS) is 22.1. The van der Waals surface area contributed by atoms with Gasteiger partial charge < -0.3 is 10.1 Å². The lowest BCUT2D eigenvalue weighted by Gasteiger charge is -2.13. The topological polar surface area (TPSA) is 45.3 Å². The zero-order valence-corrected chi connectivity index (χ0v) is 13.8. The quantitative estimate of drug-likeness (QED) is 0.666. The Morgan fingerprint density at radius 3 is 2.95 bits per heavy atom. The molecule has 2 unspecified atom stereocenters. The van der Waals surface area contributed by atoms with Crippen LogP contribution in [0.25, 0.3) is 0 Å². The van der Waals surface area contributed by atoms with Gasteiger partial charge in [0.1, 0.15) is 5.75 Å². The molecule has 0 aliphatic carbocycles. The minimum Gasteiger partial charge on any atom is -0.496 e. The summed E-state index contributed by atoms with van der Waals surface area (Å²) in [6.45, 7) is 5.30. The fourth-order valence-electron chi connectivity index (χ4n) is 2.54. The fourth-order valence-corrected chi connectivity index (χ4v) is 3.13. The first-order valence-corrected chi connectivity index (χ1v) is 8.01. The van der Waals surface area contributed by atoms with Crippen LogP contribution in [0.3, 0.4) is 0 Å². The van der Waals surface area contributed by atoms with Crippen LogP contribution in [0.15, 0.2) is 22.7 Å². The summed E-state index contributed by atoms with van der Waals surface area (Å²) in [4.78, 5) is 0. The number of rotatable bonds is 7. The van der Waals surface area contributed by atoms with E-state index >= 15 is 0 Å². The van der Waals surface area contributed by atoms with E-state index in [2.05, 4.69) is 51.2 Å². The van der Waals surface area contributed by atoms with Gasteiger partial charge in [-0.25, -0.2) is 0 Å². The monoisotopic (exact) mass is 341 g/mol. The average Bonchev–Trinajstić information content (AvgIpc) is 2.84. The molecule has 0 aromatic heterocycles. The first-order chi connectivity index (χ1) is 9.70. The minimum atomic E-state index is 0.590. The molecule has 2 atom stereocenters. The van der Waals surface area contributed by atoms with Crippen LogP contribution in [-0.4, -0.2) is 26.2 Å². The average molecular weight is 342 g/mol. The number of hydrogen-bond acceptors (Lipinski definition) is 4. The van der Waals surface area contributed by atoms with E-state index in [0.717, 1.165) is 35.8 Å². The summed E-state index contributed by atoms with van der Waals surface area (Å²) >= 11 is 3.51. The van der Waals surface area contributed by atoms with E-state index in [0.29, 0.717) is 6.04 Å². The first-order valence-electron chi connectivity index (χ1n) is 7.22. The highest BCUT2D eigenvalue weighted by molar-refractivity contribution is 9.10. The van der Waals surface area contributed by atoms with Crippen LogP contribution in [0.4, 0.5) is 0 Å². The number of nitrogens with one attached hydrogen (secondary N) is 3. The fraction of sp³-hybridized carbons (Fsp3) is 0.600. The van der Waals surface area contributed by atoms with Crippen molar-refractivity contribution in [2.24, 2.45) is 5.92 Å². The highest BCUT2D eigenvalue weighted by Gasteiger charge is 2.21. The van der Waals surface area contributed by atoms with E-state index in [4.69, 9.17) is 4.74 Å². The Labute approximate surface area is 129 Å². The molecule has 0 radical (unpaired) electrons. The molecule has 1 heterocycles. The highest BCUT2D eigenvalue weighted by atomic mass is 79.9. The maximum absolute atomic E-state index is 5.23. The number of hydrazine groups is 1. The van der Waals surface area contributed by atoms with Crippen molar-refractivity contribution in [1.29, 1.82) is 0 Å².